The highest BCUT2D eigenvalue weighted by Gasteiger charge is 2.31. The van der Waals surface area contributed by atoms with Crippen LogP contribution in [0, 0.1) is 6.92 Å². The molecule has 1 aliphatic heterocycles. The highest BCUT2D eigenvalue weighted by atomic mass is 79.9. The van der Waals surface area contributed by atoms with Crippen LogP contribution in [0.1, 0.15) is 31.8 Å². The molecule has 4 rings (SSSR count). The number of ether oxygens (including phenoxy) is 4. The fraction of sp³-hybridized carbons (Fsp3) is 0.120. The first-order valence-corrected chi connectivity index (χ1v) is 10.5. The fourth-order valence-corrected chi connectivity index (χ4v) is 3.73. The minimum atomic E-state index is -0.536. The van der Waals surface area contributed by atoms with E-state index in [9.17, 15) is 9.59 Å². The van der Waals surface area contributed by atoms with Gasteiger partial charge in [-0.3, -0.25) is 4.79 Å². The summed E-state index contributed by atoms with van der Waals surface area (Å²) in [7, 11) is 3.09. The molecule has 0 atom stereocenters. The quantitative estimate of drug-likeness (QED) is 0.260. The molecule has 0 unspecified atom stereocenters. The number of esters is 1. The fourth-order valence-electron chi connectivity index (χ4n) is 3.35. The lowest BCUT2D eigenvalue weighted by atomic mass is 10.1. The number of hydrogen-bond acceptors (Lipinski definition) is 6. The molecule has 32 heavy (non-hydrogen) atoms. The number of carbonyl (C=O) groups is 2. The second-order valence-corrected chi connectivity index (χ2v) is 7.93. The molecule has 0 amide bonds. The highest BCUT2D eigenvalue weighted by molar-refractivity contribution is 9.10. The van der Waals surface area contributed by atoms with E-state index in [1.165, 1.54) is 7.11 Å². The smallest absolute Gasteiger partial charge is 0.343 e. The van der Waals surface area contributed by atoms with Crippen LogP contribution in [0.4, 0.5) is 0 Å². The van der Waals surface area contributed by atoms with Crippen molar-refractivity contribution in [3.05, 3.63) is 87.1 Å². The Morgan fingerprint density at radius 2 is 1.78 bits per heavy atom. The molecular formula is C25H19BrO6. The average molecular weight is 495 g/mol. The summed E-state index contributed by atoms with van der Waals surface area (Å²) >= 11 is 3.42. The van der Waals surface area contributed by atoms with Crippen molar-refractivity contribution in [1.82, 2.24) is 0 Å². The van der Waals surface area contributed by atoms with Crippen LogP contribution in [-0.4, -0.2) is 26.0 Å². The topological polar surface area (TPSA) is 71.1 Å². The summed E-state index contributed by atoms with van der Waals surface area (Å²) in [4.78, 5) is 25.5. The molecular weight excluding hydrogens is 476 g/mol. The van der Waals surface area contributed by atoms with E-state index < -0.39 is 5.97 Å². The normalized spacial score (nSPS) is 13.5. The van der Waals surface area contributed by atoms with Gasteiger partial charge in [0.05, 0.1) is 25.3 Å². The number of benzene rings is 3. The van der Waals surface area contributed by atoms with Crippen LogP contribution < -0.4 is 18.9 Å². The first-order valence-electron chi connectivity index (χ1n) is 9.69. The summed E-state index contributed by atoms with van der Waals surface area (Å²) < 4.78 is 22.8. The molecule has 1 aliphatic rings. The predicted molar refractivity (Wildman–Crippen MR) is 123 cm³/mol. The van der Waals surface area contributed by atoms with Crippen LogP contribution in [0.3, 0.4) is 0 Å². The number of Topliss-reactive ketones (excluding diaryl/α,β-unsaturated/α-hetero) is 1. The maximum atomic E-state index is 12.9. The molecule has 162 valence electrons. The minimum absolute atomic E-state index is 0.163. The molecule has 0 saturated heterocycles. The largest absolute Gasteiger partial charge is 0.497 e. The zero-order valence-electron chi connectivity index (χ0n) is 17.6. The Morgan fingerprint density at radius 3 is 2.53 bits per heavy atom. The third-order valence-electron chi connectivity index (χ3n) is 5.02. The van der Waals surface area contributed by atoms with Gasteiger partial charge in [0.15, 0.2) is 5.76 Å². The molecule has 1 heterocycles. The summed E-state index contributed by atoms with van der Waals surface area (Å²) in [6.07, 6.45) is 1.63. The summed E-state index contributed by atoms with van der Waals surface area (Å²) in [5, 5.41) is 0. The number of rotatable bonds is 5. The Kier molecular flexibility index (Phi) is 6.01. The number of carbonyl (C=O) groups excluding carboxylic acids is 2. The molecule has 0 radical (unpaired) electrons. The van der Waals surface area contributed by atoms with E-state index in [1.54, 1.807) is 62.6 Å². The van der Waals surface area contributed by atoms with Gasteiger partial charge in [0.1, 0.15) is 23.0 Å². The van der Waals surface area contributed by atoms with E-state index in [0.29, 0.717) is 45.3 Å². The van der Waals surface area contributed by atoms with E-state index in [1.807, 2.05) is 12.1 Å². The molecule has 0 N–H and O–H groups in total. The van der Waals surface area contributed by atoms with Crippen molar-refractivity contribution in [2.45, 2.75) is 6.92 Å². The molecule has 0 spiro atoms. The average Bonchev–Trinajstić information content (AvgIpc) is 3.12. The number of allylic oxidation sites excluding steroid dienone is 1. The SMILES string of the molecule is COc1cccc(C(=O)Oc2ccc3c(c2C)O/C(=C\c2cc(Br)ccc2OC)C3=O)c1. The van der Waals surface area contributed by atoms with E-state index in [0.717, 1.165) is 4.47 Å². The third-order valence-corrected chi connectivity index (χ3v) is 5.52. The molecule has 0 bridgehead atoms. The maximum absolute atomic E-state index is 12.9. The predicted octanol–water partition coefficient (Wildman–Crippen LogP) is 5.61. The Labute approximate surface area is 193 Å². The van der Waals surface area contributed by atoms with Gasteiger partial charge < -0.3 is 18.9 Å². The van der Waals surface area contributed by atoms with Crippen LogP contribution in [-0.2, 0) is 0 Å². The van der Waals surface area contributed by atoms with Crippen molar-refractivity contribution in [3.8, 4) is 23.0 Å². The van der Waals surface area contributed by atoms with Crippen LogP contribution in [0.2, 0.25) is 0 Å². The van der Waals surface area contributed by atoms with Crippen LogP contribution in [0.5, 0.6) is 23.0 Å². The molecule has 7 heteroatoms. The monoisotopic (exact) mass is 494 g/mol. The van der Waals surface area contributed by atoms with Crippen molar-refractivity contribution in [2.75, 3.05) is 14.2 Å². The van der Waals surface area contributed by atoms with E-state index >= 15 is 0 Å². The van der Waals surface area contributed by atoms with Crippen molar-refractivity contribution in [1.29, 1.82) is 0 Å². The van der Waals surface area contributed by atoms with Gasteiger partial charge in [-0.15, -0.1) is 0 Å². The molecule has 3 aromatic rings. The zero-order chi connectivity index (χ0) is 22.8. The van der Waals surface area contributed by atoms with Gasteiger partial charge in [-0.25, -0.2) is 4.79 Å². The third kappa shape index (κ3) is 4.11. The summed E-state index contributed by atoms with van der Waals surface area (Å²) in [5.74, 6) is 1.21. The highest BCUT2D eigenvalue weighted by Crippen LogP contribution is 2.40. The van der Waals surface area contributed by atoms with Crippen molar-refractivity contribution < 1.29 is 28.5 Å². The molecule has 0 saturated carbocycles. The Balaban J connectivity index is 1.63. The lowest BCUT2D eigenvalue weighted by molar-refractivity contribution is 0.0732. The Bertz CT molecular complexity index is 1260. The van der Waals surface area contributed by atoms with Gasteiger partial charge >= 0.3 is 5.97 Å². The minimum Gasteiger partial charge on any atom is -0.497 e. The van der Waals surface area contributed by atoms with Gasteiger partial charge in [0.25, 0.3) is 0 Å². The Hall–Kier alpha value is -3.58. The van der Waals surface area contributed by atoms with Gasteiger partial charge in [0.2, 0.25) is 5.78 Å². The first-order chi connectivity index (χ1) is 15.4. The zero-order valence-corrected chi connectivity index (χ0v) is 19.2. The summed E-state index contributed by atoms with van der Waals surface area (Å²) in [5.41, 5.74) is 2.00. The van der Waals surface area contributed by atoms with E-state index in [-0.39, 0.29) is 11.5 Å². The second kappa shape index (κ2) is 8.88. The number of hydrogen-bond donors (Lipinski definition) is 0. The molecule has 0 aliphatic carbocycles. The lowest BCUT2D eigenvalue weighted by Gasteiger charge is -2.10. The van der Waals surface area contributed by atoms with E-state index in [4.69, 9.17) is 18.9 Å². The standard InChI is InChI=1S/C25H19BrO6/c1-14-20(32-25(28)15-5-4-6-18(12-15)29-2)10-8-19-23(27)22(31-24(14)19)13-16-11-17(26)7-9-21(16)30-3/h4-13H,1-3H3/b22-13-. The van der Waals surface area contributed by atoms with Gasteiger partial charge in [-0.2, -0.15) is 0 Å². The van der Waals surface area contributed by atoms with Crippen LogP contribution in [0.15, 0.2) is 64.8 Å². The van der Waals surface area contributed by atoms with Crippen molar-refractivity contribution >= 4 is 33.8 Å². The molecule has 0 aromatic heterocycles. The second-order valence-electron chi connectivity index (χ2n) is 7.01. The molecule has 3 aromatic carbocycles. The number of halogens is 1. The van der Waals surface area contributed by atoms with Crippen LogP contribution in [0.25, 0.3) is 6.08 Å². The summed E-state index contributed by atoms with van der Waals surface area (Å²) in [6, 6.07) is 15.3. The van der Waals surface area contributed by atoms with Gasteiger partial charge in [0, 0.05) is 15.6 Å². The first kappa shape index (κ1) is 21.6. The number of fused-ring (bicyclic) bond motifs is 1. The maximum Gasteiger partial charge on any atom is 0.343 e. The van der Waals surface area contributed by atoms with Crippen LogP contribution >= 0.6 is 15.9 Å². The lowest BCUT2D eigenvalue weighted by Crippen LogP contribution is -2.09. The number of methoxy groups -OCH3 is 2. The molecule has 6 nitrogen and oxygen atoms in total. The van der Waals surface area contributed by atoms with Gasteiger partial charge in [-0.05, 0) is 61.5 Å². The number of ketones is 1. The summed E-state index contributed by atoms with van der Waals surface area (Å²) in [6.45, 7) is 1.74. The van der Waals surface area contributed by atoms with Crippen molar-refractivity contribution in [2.24, 2.45) is 0 Å². The molecule has 0 fully saturated rings. The van der Waals surface area contributed by atoms with Crippen molar-refractivity contribution in [3.63, 3.8) is 0 Å². The van der Waals surface area contributed by atoms with E-state index in [2.05, 4.69) is 15.9 Å². The Morgan fingerprint density at radius 1 is 1.00 bits per heavy atom. The van der Waals surface area contributed by atoms with Gasteiger partial charge in [-0.1, -0.05) is 22.0 Å².